The highest BCUT2D eigenvalue weighted by Crippen LogP contribution is 2.28. The van der Waals surface area contributed by atoms with Gasteiger partial charge in [-0.1, -0.05) is 12.1 Å². The molecule has 2 N–H and O–H groups in total. The third-order valence-corrected chi connectivity index (χ3v) is 3.13. The third-order valence-electron chi connectivity index (χ3n) is 3.13. The summed E-state index contributed by atoms with van der Waals surface area (Å²) in [7, 11) is 0. The van der Waals surface area contributed by atoms with Gasteiger partial charge in [0.1, 0.15) is 11.4 Å². The van der Waals surface area contributed by atoms with Crippen LogP contribution in [0.5, 0.6) is 0 Å². The quantitative estimate of drug-likeness (QED) is 0.834. The smallest absolute Gasteiger partial charge is 0.123 e. The molecular weight excluding hydrogens is 247 g/mol. The lowest BCUT2D eigenvalue weighted by molar-refractivity contribution is 0.00372. The zero-order valence-electron chi connectivity index (χ0n) is 10.5. The van der Waals surface area contributed by atoms with Crippen molar-refractivity contribution in [1.29, 1.82) is 0 Å². The lowest BCUT2D eigenvalue weighted by atomic mass is 9.89. The summed E-state index contributed by atoms with van der Waals surface area (Å²) < 4.78 is 14.7. The van der Waals surface area contributed by atoms with Gasteiger partial charge in [-0.15, -0.1) is 0 Å². The molecule has 1 atom stereocenters. The molecule has 1 aromatic heterocycles. The molecule has 0 radical (unpaired) electrons. The van der Waals surface area contributed by atoms with E-state index in [-0.39, 0.29) is 12.4 Å². The monoisotopic (exact) mass is 264 g/mol. The lowest BCUT2D eigenvalue weighted by Crippen LogP contribution is -2.31. The number of nitrogens with zero attached hydrogens (tertiary/aromatic N) is 2. The van der Waals surface area contributed by atoms with Gasteiger partial charge in [-0.25, -0.2) is 9.37 Å². The van der Waals surface area contributed by atoms with E-state index in [1.165, 1.54) is 12.1 Å². The molecule has 2 rings (SSSR count). The second kappa shape index (κ2) is 5.95. The third kappa shape index (κ3) is 3.39. The van der Waals surface area contributed by atoms with Crippen molar-refractivity contribution in [2.24, 2.45) is 0 Å². The zero-order valence-corrected chi connectivity index (χ0v) is 10.5. The molecule has 4 nitrogen and oxygen atoms in total. The molecule has 2 aromatic rings. The molecule has 1 aromatic carbocycles. The Morgan fingerprint density at radius 2 is 2.00 bits per heavy atom. The molecule has 0 amide bonds. The molecule has 102 valence electrons. The maximum absolute atomic E-state index is 13.0. The van der Waals surface area contributed by atoms with Gasteiger partial charge in [0.2, 0.25) is 0 Å². The Morgan fingerprint density at radius 1 is 1.26 bits per heavy atom. The van der Waals surface area contributed by atoms with Crippen molar-refractivity contribution < 1.29 is 14.6 Å². The normalized spacial score (nSPS) is 14.3. The number of imidazole rings is 1. The first kappa shape index (κ1) is 13.7. The molecule has 0 aliphatic heterocycles. The number of aromatic nitrogens is 2. The highest BCUT2D eigenvalue weighted by Gasteiger charge is 2.29. The SMILES string of the molecule is OCCCC(O)(Cn1ccnc1)c1ccc(F)cc1. The summed E-state index contributed by atoms with van der Waals surface area (Å²) in [5.74, 6) is -0.337. The summed E-state index contributed by atoms with van der Waals surface area (Å²) in [6.07, 6.45) is 5.88. The number of aliphatic hydroxyl groups is 2. The van der Waals surface area contributed by atoms with Crippen LogP contribution >= 0.6 is 0 Å². The van der Waals surface area contributed by atoms with E-state index in [1.54, 1.807) is 35.4 Å². The van der Waals surface area contributed by atoms with Crippen molar-refractivity contribution in [3.05, 3.63) is 54.4 Å². The van der Waals surface area contributed by atoms with Crippen LogP contribution in [-0.2, 0) is 12.1 Å². The minimum Gasteiger partial charge on any atom is -0.396 e. The van der Waals surface area contributed by atoms with Gasteiger partial charge in [0, 0.05) is 19.0 Å². The fraction of sp³-hybridized carbons (Fsp3) is 0.357. The molecule has 5 heteroatoms. The summed E-state index contributed by atoms with van der Waals surface area (Å²) in [6.45, 7) is 0.325. The molecular formula is C14H17FN2O2. The van der Waals surface area contributed by atoms with Gasteiger partial charge in [0.25, 0.3) is 0 Å². The first-order chi connectivity index (χ1) is 9.14. The van der Waals surface area contributed by atoms with Gasteiger partial charge in [-0.05, 0) is 30.5 Å². The first-order valence-electron chi connectivity index (χ1n) is 6.19. The molecule has 0 aliphatic carbocycles. The molecule has 0 spiro atoms. The number of benzene rings is 1. The van der Waals surface area contributed by atoms with Crippen LogP contribution in [0.2, 0.25) is 0 Å². The van der Waals surface area contributed by atoms with Crippen LogP contribution in [0.25, 0.3) is 0 Å². The van der Waals surface area contributed by atoms with E-state index in [1.807, 2.05) is 0 Å². The summed E-state index contributed by atoms with van der Waals surface area (Å²) in [5, 5.41) is 19.8. The molecule has 1 heterocycles. The Hall–Kier alpha value is -1.72. The highest BCUT2D eigenvalue weighted by atomic mass is 19.1. The Bertz CT molecular complexity index is 499. The van der Waals surface area contributed by atoms with Crippen LogP contribution in [-0.4, -0.2) is 26.4 Å². The predicted octanol–water partition coefficient (Wildman–Crippen LogP) is 1.68. The minimum atomic E-state index is -1.14. The molecule has 0 aliphatic rings. The molecule has 19 heavy (non-hydrogen) atoms. The van der Waals surface area contributed by atoms with E-state index in [0.29, 0.717) is 24.9 Å². The van der Waals surface area contributed by atoms with E-state index >= 15 is 0 Å². The van der Waals surface area contributed by atoms with Gasteiger partial charge in [0.05, 0.1) is 12.9 Å². The second-order valence-corrected chi connectivity index (χ2v) is 4.60. The van der Waals surface area contributed by atoms with Crippen molar-refractivity contribution in [1.82, 2.24) is 9.55 Å². The van der Waals surface area contributed by atoms with Crippen molar-refractivity contribution in [2.45, 2.75) is 25.0 Å². The minimum absolute atomic E-state index is 0.00737. The number of hydrogen-bond acceptors (Lipinski definition) is 3. The average molecular weight is 264 g/mol. The van der Waals surface area contributed by atoms with Gasteiger partial charge < -0.3 is 14.8 Å². The van der Waals surface area contributed by atoms with Crippen molar-refractivity contribution in [2.75, 3.05) is 6.61 Å². The van der Waals surface area contributed by atoms with Gasteiger partial charge in [-0.2, -0.15) is 0 Å². The van der Waals surface area contributed by atoms with Crippen LogP contribution in [0.1, 0.15) is 18.4 Å². The van der Waals surface area contributed by atoms with Crippen molar-refractivity contribution in [3.8, 4) is 0 Å². The standard InChI is InChI=1S/C14H17FN2O2/c15-13-4-2-12(3-5-13)14(19,6-1-9-18)10-17-8-7-16-11-17/h2-5,7-8,11,18-19H,1,6,9-10H2. The average Bonchev–Trinajstić information content (AvgIpc) is 2.90. The summed E-state index contributed by atoms with van der Waals surface area (Å²) in [6, 6.07) is 5.80. The topological polar surface area (TPSA) is 58.3 Å². The first-order valence-corrected chi connectivity index (χ1v) is 6.19. The maximum atomic E-state index is 13.0. The van der Waals surface area contributed by atoms with E-state index < -0.39 is 5.60 Å². The fourth-order valence-corrected chi connectivity index (χ4v) is 2.13. The maximum Gasteiger partial charge on any atom is 0.123 e. The number of rotatable bonds is 6. The Kier molecular flexibility index (Phi) is 4.29. The number of aliphatic hydroxyl groups excluding tert-OH is 1. The van der Waals surface area contributed by atoms with Crippen molar-refractivity contribution in [3.63, 3.8) is 0 Å². The molecule has 0 fully saturated rings. The van der Waals surface area contributed by atoms with Crippen LogP contribution in [0, 0.1) is 5.82 Å². The van der Waals surface area contributed by atoms with Crippen LogP contribution < -0.4 is 0 Å². The van der Waals surface area contributed by atoms with Crippen molar-refractivity contribution >= 4 is 0 Å². The number of halogens is 1. The Morgan fingerprint density at radius 3 is 2.58 bits per heavy atom. The van der Waals surface area contributed by atoms with E-state index in [0.717, 1.165) is 0 Å². The molecule has 1 unspecified atom stereocenters. The fourth-order valence-electron chi connectivity index (χ4n) is 2.13. The largest absolute Gasteiger partial charge is 0.396 e. The van der Waals surface area contributed by atoms with Gasteiger partial charge >= 0.3 is 0 Å². The zero-order chi connectivity index (χ0) is 13.7. The predicted molar refractivity (Wildman–Crippen MR) is 68.8 cm³/mol. The summed E-state index contributed by atoms with van der Waals surface area (Å²) >= 11 is 0. The van der Waals surface area contributed by atoms with Gasteiger partial charge in [-0.3, -0.25) is 0 Å². The number of hydrogen-bond donors (Lipinski definition) is 2. The van der Waals surface area contributed by atoms with Crippen LogP contribution in [0.3, 0.4) is 0 Å². The molecule has 0 saturated carbocycles. The summed E-state index contributed by atoms with van der Waals surface area (Å²) in [5.41, 5.74) is -0.507. The summed E-state index contributed by atoms with van der Waals surface area (Å²) in [4.78, 5) is 3.94. The Balaban J connectivity index is 2.25. The van der Waals surface area contributed by atoms with Crippen LogP contribution in [0.15, 0.2) is 43.0 Å². The molecule has 0 saturated heterocycles. The molecule has 0 bridgehead atoms. The van der Waals surface area contributed by atoms with Crippen LogP contribution in [0.4, 0.5) is 4.39 Å². The highest BCUT2D eigenvalue weighted by molar-refractivity contribution is 5.23. The lowest BCUT2D eigenvalue weighted by Gasteiger charge is -2.29. The van der Waals surface area contributed by atoms with E-state index in [9.17, 15) is 9.50 Å². The Labute approximate surface area is 111 Å². The van der Waals surface area contributed by atoms with E-state index in [4.69, 9.17) is 5.11 Å². The second-order valence-electron chi connectivity index (χ2n) is 4.60. The van der Waals surface area contributed by atoms with Gasteiger partial charge in [0.15, 0.2) is 0 Å². The van der Waals surface area contributed by atoms with E-state index in [2.05, 4.69) is 4.98 Å².